The highest BCUT2D eigenvalue weighted by Crippen LogP contribution is 2.01. The van der Waals surface area contributed by atoms with E-state index in [1.165, 1.54) is 25.7 Å². The van der Waals surface area contributed by atoms with E-state index < -0.39 is 5.97 Å². The number of carbonyl (C=O) groups is 1. The molecule has 2 nitrogen and oxygen atoms in total. The Balaban J connectivity index is 0. The van der Waals surface area contributed by atoms with E-state index in [2.05, 4.69) is 68.7 Å². The van der Waals surface area contributed by atoms with Crippen LogP contribution in [-0.2, 0) is 4.79 Å². The van der Waals surface area contributed by atoms with Gasteiger partial charge >= 0.3 is 5.97 Å². The first kappa shape index (κ1) is 24.4. The predicted molar refractivity (Wildman–Crippen MR) is 107 cm³/mol. The van der Waals surface area contributed by atoms with Crippen molar-refractivity contribution in [1.82, 2.24) is 0 Å². The quantitative estimate of drug-likeness (QED) is 0.274. The number of allylic oxidation sites excluding steroid dienone is 8. The Kier molecular flexibility index (Phi) is 23.8. The molecule has 0 aromatic carbocycles. The van der Waals surface area contributed by atoms with Gasteiger partial charge in [-0.05, 0) is 44.9 Å². The third kappa shape index (κ3) is 25.1. The van der Waals surface area contributed by atoms with Gasteiger partial charge in [-0.1, -0.05) is 68.4 Å². The molecule has 0 heterocycles. The number of carboxylic acid groups (broad SMARTS) is 1. The van der Waals surface area contributed by atoms with Crippen LogP contribution in [0.4, 0.5) is 0 Å². The molecule has 0 saturated heterocycles. The van der Waals surface area contributed by atoms with Crippen molar-refractivity contribution in [3.05, 3.63) is 61.8 Å². The Morgan fingerprint density at radius 1 is 0.750 bits per heavy atom. The fourth-order valence-corrected chi connectivity index (χ4v) is 1.93. The van der Waals surface area contributed by atoms with Crippen LogP contribution < -0.4 is 0 Å². The Morgan fingerprint density at radius 3 is 1.58 bits per heavy atom. The van der Waals surface area contributed by atoms with E-state index in [4.69, 9.17) is 5.11 Å². The molecular formula is C22H36O2. The van der Waals surface area contributed by atoms with E-state index in [-0.39, 0.29) is 6.42 Å². The molecule has 136 valence electrons. The minimum absolute atomic E-state index is 0.262. The third-order valence-electron chi connectivity index (χ3n) is 3.22. The van der Waals surface area contributed by atoms with Gasteiger partial charge in [-0.25, -0.2) is 0 Å². The molecule has 0 atom stereocenters. The topological polar surface area (TPSA) is 37.3 Å². The van der Waals surface area contributed by atoms with Crippen LogP contribution in [0.3, 0.4) is 0 Å². The van der Waals surface area contributed by atoms with E-state index in [1.54, 1.807) is 0 Å². The second kappa shape index (κ2) is 23.4. The summed E-state index contributed by atoms with van der Waals surface area (Å²) in [4.78, 5) is 10.3. The fraction of sp³-hybridized carbons (Fsp3) is 0.500. The molecule has 24 heavy (non-hydrogen) atoms. The summed E-state index contributed by atoms with van der Waals surface area (Å²) in [5.74, 6) is -0.712. The summed E-state index contributed by atoms with van der Waals surface area (Å²) in [6, 6.07) is 0. The smallest absolute Gasteiger partial charge is 0.303 e. The predicted octanol–water partition coefficient (Wildman–Crippen LogP) is 7.02. The lowest BCUT2D eigenvalue weighted by atomic mass is 10.2. The van der Waals surface area contributed by atoms with Crippen LogP contribution in [0.5, 0.6) is 0 Å². The van der Waals surface area contributed by atoms with Gasteiger partial charge in [0.25, 0.3) is 0 Å². The number of unbranched alkanes of at least 4 members (excludes halogenated alkanes) is 4. The number of hydrogen-bond acceptors (Lipinski definition) is 1. The average molecular weight is 333 g/mol. The summed E-state index contributed by atoms with van der Waals surface area (Å²) in [5.41, 5.74) is 0. The van der Waals surface area contributed by atoms with E-state index in [0.717, 1.165) is 32.1 Å². The Hall–Kier alpha value is -1.83. The molecule has 2 heteroatoms. The minimum Gasteiger partial charge on any atom is -0.481 e. The fourth-order valence-electron chi connectivity index (χ4n) is 1.93. The third-order valence-corrected chi connectivity index (χ3v) is 3.22. The maximum absolute atomic E-state index is 10.3. The van der Waals surface area contributed by atoms with Crippen LogP contribution in [0.1, 0.15) is 71.1 Å². The van der Waals surface area contributed by atoms with Crippen molar-refractivity contribution in [2.45, 2.75) is 71.1 Å². The van der Waals surface area contributed by atoms with E-state index >= 15 is 0 Å². The van der Waals surface area contributed by atoms with Crippen molar-refractivity contribution in [2.24, 2.45) is 0 Å². The molecule has 0 rings (SSSR count). The maximum atomic E-state index is 10.3. The van der Waals surface area contributed by atoms with Gasteiger partial charge in [0, 0.05) is 6.42 Å². The molecule has 1 N–H and O–H groups in total. The number of rotatable bonds is 14. The molecule has 0 unspecified atom stereocenters. The zero-order valence-corrected chi connectivity index (χ0v) is 15.5. The van der Waals surface area contributed by atoms with Gasteiger partial charge in [-0.2, -0.15) is 0 Å². The highest BCUT2D eigenvalue weighted by atomic mass is 16.4. The second-order valence-corrected chi connectivity index (χ2v) is 5.37. The summed E-state index contributed by atoms with van der Waals surface area (Å²) in [6.07, 6.45) is 27.3. The largest absolute Gasteiger partial charge is 0.481 e. The molecule has 0 aliphatic heterocycles. The lowest BCUT2D eigenvalue weighted by molar-refractivity contribution is -0.137. The molecule has 0 aromatic rings. The molecule has 0 bridgehead atoms. The van der Waals surface area contributed by atoms with Crippen LogP contribution in [-0.4, -0.2) is 11.1 Å². The van der Waals surface area contributed by atoms with Crippen LogP contribution in [0.25, 0.3) is 0 Å². The summed E-state index contributed by atoms with van der Waals surface area (Å²) in [6.45, 7) is 8.23. The van der Waals surface area contributed by atoms with Gasteiger partial charge in [-0.15, -0.1) is 13.2 Å². The summed E-state index contributed by atoms with van der Waals surface area (Å²) in [7, 11) is 0. The normalized spacial score (nSPS) is 11.5. The van der Waals surface area contributed by atoms with E-state index in [1.807, 2.05) is 0 Å². The Labute approximate surface area is 149 Å². The molecule has 0 aliphatic carbocycles. The van der Waals surface area contributed by atoms with Gasteiger partial charge in [0.05, 0.1) is 0 Å². The molecule has 0 aliphatic rings. The highest BCUT2D eigenvalue weighted by Gasteiger charge is 1.92. The first-order valence-corrected chi connectivity index (χ1v) is 9.09. The van der Waals surface area contributed by atoms with Gasteiger partial charge < -0.3 is 5.11 Å². The van der Waals surface area contributed by atoms with Crippen LogP contribution in [0.2, 0.25) is 0 Å². The summed E-state index contributed by atoms with van der Waals surface area (Å²) in [5, 5.41) is 8.49. The van der Waals surface area contributed by atoms with Crippen molar-refractivity contribution in [2.75, 3.05) is 0 Å². The minimum atomic E-state index is -0.712. The summed E-state index contributed by atoms with van der Waals surface area (Å²) < 4.78 is 0. The van der Waals surface area contributed by atoms with Crippen molar-refractivity contribution in [3.8, 4) is 0 Å². The van der Waals surface area contributed by atoms with Crippen molar-refractivity contribution in [1.29, 1.82) is 0 Å². The van der Waals surface area contributed by atoms with E-state index in [9.17, 15) is 4.79 Å². The zero-order chi connectivity index (χ0) is 18.3. The van der Waals surface area contributed by atoms with Crippen LogP contribution in [0, 0.1) is 0 Å². The van der Waals surface area contributed by atoms with Crippen molar-refractivity contribution in [3.63, 3.8) is 0 Å². The van der Waals surface area contributed by atoms with Crippen LogP contribution >= 0.6 is 0 Å². The first-order valence-electron chi connectivity index (χ1n) is 9.09. The molecular weight excluding hydrogens is 296 g/mol. The number of hydrogen-bond donors (Lipinski definition) is 1. The molecule has 0 aromatic heterocycles. The number of carboxylic acids is 1. The van der Waals surface area contributed by atoms with E-state index in [0.29, 0.717) is 0 Å². The first-order chi connectivity index (χ1) is 11.8. The average Bonchev–Trinajstić information content (AvgIpc) is 2.59. The monoisotopic (exact) mass is 332 g/mol. The van der Waals surface area contributed by atoms with Crippen molar-refractivity contribution < 1.29 is 9.90 Å². The zero-order valence-electron chi connectivity index (χ0n) is 15.5. The summed E-state index contributed by atoms with van der Waals surface area (Å²) >= 11 is 0. The molecule has 0 amide bonds. The lowest BCUT2D eigenvalue weighted by Gasteiger charge is -1.90. The van der Waals surface area contributed by atoms with Crippen molar-refractivity contribution >= 4 is 5.97 Å². The second-order valence-electron chi connectivity index (χ2n) is 5.37. The Morgan fingerprint density at radius 2 is 1.17 bits per heavy atom. The SMILES string of the molecule is C=C.CCCCC/C=C\C/C=C\C/C=C\C/C=C\CCCC(=O)O. The number of aliphatic carboxylic acids is 1. The maximum Gasteiger partial charge on any atom is 0.303 e. The van der Waals surface area contributed by atoms with Gasteiger partial charge in [0.1, 0.15) is 0 Å². The molecule has 0 fully saturated rings. The van der Waals surface area contributed by atoms with Gasteiger partial charge in [0.2, 0.25) is 0 Å². The Bertz CT molecular complexity index is 375. The molecule has 0 radical (unpaired) electrons. The highest BCUT2D eigenvalue weighted by molar-refractivity contribution is 5.66. The lowest BCUT2D eigenvalue weighted by Crippen LogP contribution is -1.92. The molecule has 0 spiro atoms. The standard InChI is InChI=1S/C20H32O2.C2H4/c1-2-3-4-5-6-7-8-9-10-11-12-13-14-15-16-17-18-19-20(21)22;1-2/h6-7,9-10,12-13,15-16H,2-5,8,11,14,17-19H2,1H3,(H,21,22);1-2H2/b7-6-,10-9-,13-12-,16-15-;. The van der Waals surface area contributed by atoms with Gasteiger partial charge in [0.15, 0.2) is 0 Å². The molecule has 0 saturated carbocycles. The van der Waals surface area contributed by atoms with Crippen LogP contribution in [0.15, 0.2) is 61.8 Å². The van der Waals surface area contributed by atoms with Gasteiger partial charge in [-0.3, -0.25) is 4.79 Å².